The predicted molar refractivity (Wildman–Crippen MR) is 49.7 cm³/mol. The van der Waals surface area contributed by atoms with E-state index in [0.717, 1.165) is 5.56 Å². The molecule has 0 radical (unpaired) electrons. The summed E-state index contributed by atoms with van der Waals surface area (Å²) in [6, 6.07) is 3.80. The van der Waals surface area contributed by atoms with E-state index in [9.17, 15) is 0 Å². The van der Waals surface area contributed by atoms with E-state index in [2.05, 4.69) is 18.8 Å². The van der Waals surface area contributed by atoms with E-state index in [0.29, 0.717) is 5.56 Å². The van der Waals surface area contributed by atoms with E-state index in [1.54, 1.807) is 18.5 Å². The second-order valence-corrected chi connectivity index (χ2v) is 2.57. The van der Waals surface area contributed by atoms with Crippen molar-refractivity contribution in [3.63, 3.8) is 0 Å². The van der Waals surface area contributed by atoms with Crippen LogP contribution in [0.15, 0.2) is 18.5 Å². The maximum Gasteiger partial charge on any atom is 0.101 e. The van der Waals surface area contributed by atoms with Crippen LogP contribution in [0.3, 0.4) is 0 Å². The van der Waals surface area contributed by atoms with Crippen molar-refractivity contribution in [2.75, 3.05) is 0 Å². The van der Waals surface area contributed by atoms with Crippen molar-refractivity contribution in [3.8, 4) is 6.07 Å². The number of rotatable bonds is 0. The summed E-state index contributed by atoms with van der Waals surface area (Å²) in [6.45, 7) is 6.16. The lowest BCUT2D eigenvalue weighted by Crippen LogP contribution is -1.78. The van der Waals surface area contributed by atoms with Crippen LogP contribution in [0.25, 0.3) is 0 Å². The maximum atomic E-state index is 8.37. The minimum atomic E-state index is 0.620. The van der Waals surface area contributed by atoms with Gasteiger partial charge in [0.25, 0.3) is 0 Å². The van der Waals surface area contributed by atoms with Gasteiger partial charge in [0.2, 0.25) is 0 Å². The van der Waals surface area contributed by atoms with Crippen molar-refractivity contribution < 1.29 is 0 Å². The van der Waals surface area contributed by atoms with Gasteiger partial charge in [0.1, 0.15) is 6.07 Å². The van der Waals surface area contributed by atoms with Gasteiger partial charge < -0.3 is 0 Å². The van der Waals surface area contributed by atoms with Gasteiger partial charge in [0.15, 0.2) is 0 Å². The molecule has 0 N–H and O–H groups in total. The molecule has 1 aromatic heterocycles. The number of nitrogens with zero attached hydrogens (tertiary/aromatic N) is 2. The smallest absolute Gasteiger partial charge is 0.101 e. The van der Waals surface area contributed by atoms with E-state index < -0.39 is 0 Å². The van der Waals surface area contributed by atoms with Crippen molar-refractivity contribution >= 4 is 0 Å². The Balaban J connectivity index is 0.000000354. The molecule has 0 fully saturated rings. The molecule has 0 aromatic carbocycles. The molecule has 0 saturated heterocycles. The van der Waals surface area contributed by atoms with Gasteiger partial charge in [0, 0.05) is 12.4 Å². The number of hydrogen-bond acceptors (Lipinski definition) is 2. The molecule has 2 heteroatoms. The highest BCUT2D eigenvalue weighted by atomic mass is 14.6. The number of hydrogen-bond donors (Lipinski definition) is 0. The van der Waals surface area contributed by atoms with E-state index in [-0.39, 0.29) is 0 Å². The summed E-state index contributed by atoms with van der Waals surface area (Å²) < 4.78 is 0. The third kappa shape index (κ3) is 4.45. The van der Waals surface area contributed by atoms with Gasteiger partial charge in [0.05, 0.1) is 5.56 Å². The third-order valence-electron chi connectivity index (χ3n) is 1.00. The van der Waals surface area contributed by atoms with E-state index in [1.807, 2.05) is 13.0 Å². The first kappa shape index (κ1) is 10.6. The largest absolute Gasteiger partial charge is 0.263 e. The molecule has 2 nitrogen and oxygen atoms in total. The summed E-state index contributed by atoms with van der Waals surface area (Å²) in [5, 5.41) is 8.37. The molecule has 64 valence electrons. The molecule has 0 aliphatic carbocycles. The normalized spacial score (nSPS) is 7.83. The molecule has 0 aliphatic heterocycles. The molecular weight excluding hydrogens is 148 g/mol. The van der Waals surface area contributed by atoms with Crippen molar-refractivity contribution in [2.24, 2.45) is 0 Å². The Morgan fingerprint density at radius 3 is 2.33 bits per heavy atom. The Morgan fingerprint density at radius 2 is 2.00 bits per heavy atom. The van der Waals surface area contributed by atoms with Crippen LogP contribution in [0.5, 0.6) is 0 Å². The molecular formula is C10H14N2. The molecule has 0 unspecified atom stereocenters. The quantitative estimate of drug-likeness (QED) is 0.588. The first-order valence-corrected chi connectivity index (χ1v) is 4.06. The maximum absolute atomic E-state index is 8.37. The highest BCUT2D eigenvalue weighted by Crippen LogP contribution is 1.97. The van der Waals surface area contributed by atoms with Crippen LogP contribution in [0.1, 0.15) is 31.4 Å². The first-order valence-electron chi connectivity index (χ1n) is 4.06. The molecule has 1 aromatic rings. The van der Waals surface area contributed by atoms with Crippen LogP contribution in [0.2, 0.25) is 0 Å². The summed E-state index contributed by atoms with van der Waals surface area (Å²) in [6.07, 6.45) is 4.52. The summed E-state index contributed by atoms with van der Waals surface area (Å²) >= 11 is 0. The standard InChI is InChI=1S/C7H6N2.C3H8/c1-6-2-7(3-8)5-9-4-6;1-3-2/h2,4-5H,1H3;3H2,1-2H3. The van der Waals surface area contributed by atoms with Crippen molar-refractivity contribution in [1.82, 2.24) is 4.98 Å². The average Bonchev–Trinajstić information content (AvgIpc) is 2.06. The highest BCUT2D eigenvalue weighted by molar-refractivity contribution is 5.27. The zero-order chi connectivity index (χ0) is 9.40. The van der Waals surface area contributed by atoms with Crippen LogP contribution in [0.4, 0.5) is 0 Å². The number of nitriles is 1. The summed E-state index contributed by atoms with van der Waals surface area (Å²) in [4.78, 5) is 3.83. The first-order chi connectivity index (χ1) is 5.74. The van der Waals surface area contributed by atoms with Gasteiger partial charge in [-0.3, -0.25) is 4.98 Å². The Hall–Kier alpha value is -1.36. The second kappa shape index (κ2) is 6.36. The fourth-order valence-electron chi connectivity index (χ4n) is 0.616. The van der Waals surface area contributed by atoms with Gasteiger partial charge in [-0.15, -0.1) is 0 Å². The monoisotopic (exact) mass is 162 g/mol. The Bertz CT molecular complexity index is 261. The summed E-state index contributed by atoms with van der Waals surface area (Å²) in [7, 11) is 0. The van der Waals surface area contributed by atoms with Gasteiger partial charge >= 0.3 is 0 Å². The Labute approximate surface area is 73.9 Å². The fourth-order valence-corrected chi connectivity index (χ4v) is 0.616. The van der Waals surface area contributed by atoms with Crippen LogP contribution in [-0.2, 0) is 0 Å². The predicted octanol–water partition coefficient (Wildman–Crippen LogP) is 2.68. The van der Waals surface area contributed by atoms with E-state index in [1.165, 1.54) is 6.42 Å². The number of aromatic nitrogens is 1. The lowest BCUT2D eigenvalue weighted by molar-refractivity contribution is 1.09. The van der Waals surface area contributed by atoms with Crippen LogP contribution >= 0.6 is 0 Å². The minimum Gasteiger partial charge on any atom is -0.263 e. The topological polar surface area (TPSA) is 36.7 Å². The molecule has 0 atom stereocenters. The number of pyridine rings is 1. The van der Waals surface area contributed by atoms with Gasteiger partial charge in [-0.25, -0.2) is 0 Å². The van der Waals surface area contributed by atoms with Crippen LogP contribution in [-0.4, -0.2) is 4.98 Å². The zero-order valence-corrected chi connectivity index (χ0v) is 7.83. The van der Waals surface area contributed by atoms with Crippen molar-refractivity contribution in [3.05, 3.63) is 29.6 Å². The van der Waals surface area contributed by atoms with Gasteiger partial charge in [-0.1, -0.05) is 20.3 Å². The third-order valence-corrected chi connectivity index (χ3v) is 1.00. The molecule has 1 rings (SSSR count). The van der Waals surface area contributed by atoms with E-state index in [4.69, 9.17) is 5.26 Å². The van der Waals surface area contributed by atoms with Gasteiger partial charge in [-0.2, -0.15) is 5.26 Å². The minimum absolute atomic E-state index is 0.620. The second-order valence-electron chi connectivity index (χ2n) is 2.57. The lowest BCUT2D eigenvalue weighted by Gasteiger charge is -1.87. The molecule has 1 heterocycles. The average molecular weight is 162 g/mol. The van der Waals surface area contributed by atoms with Crippen LogP contribution in [0, 0.1) is 18.3 Å². The molecule has 0 amide bonds. The SMILES string of the molecule is CCC.Cc1cncc(C#N)c1. The molecule has 0 saturated carbocycles. The zero-order valence-electron chi connectivity index (χ0n) is 7.83. The summed E-state index contributed by atoms with van der Waals surface area (Å²) in [5.74, 6) is 0. The molecule has 0 aliphatic rings. The van der Waals surface area contributed by atoms with Crippen molar-refractivity contribution in [1.29, 1.82) is 5.26 Å². The fraction of sp³-hybridized carbons (Fsp3) is 0.400. The Kier molecular flexibility index (Phi) is 5.64. The van der Waals surface area contributed by atoms with Crippen LogP contribution < -0.4 is 0 Å². The van der Waals surface area contributed by atoms with Gasteiger partial charge in [-0.05, 0) is 18.6 Å². The Morgan fingerprint density at radius 1 is 1.42 bits per heavy atom. The highest BCUT2D eigenvalue weighted by Gasteiger charge is 1.87. The summed E-state index contributed by atoms with van der Waals surface area (Å²) in [5.41, 5.74) is 1.64. The molecule has 12 heavy (non-hydrogen) atoms. The molecule has 0 bridgehead atoms. The van der Waals surface area contributed by atoms with Crippen molar-refractivity contribution in [2.45, 2.75) is 27.2 Å². The number of aryl methyl sites for hydroxylation is 1. The van der Waals surface area contributed by atoms with E-state index >= 15 is 0 Å². The lowest BCUT2D eigenvalue weighted by atomic mass is 10.2. The molecule has 0 spiro atoms.